The van der Waals surface area contributed by atoms with Gasteiger partial charge in [0.05, 0.1) is 5.75 Å². The summed E-state index contributed by atoms with van der Waals surface area (Å²) in [5, 5.41) is 8.58. The SMILES string of the molecule is O=C(O)CSc1ccc(C(=O)/C=C/c2ccccc2)cc1F. The van der Waals surface area contributed by atoms with Crippen molar-refractivity contribution in [2.24, 2.45) is 0 Å². The predicted molar refractivity (Wildman–Crippen MR) is 84.6 cm³/mol. The molecule has 0 aromatic heterocycles. The molecule has 0 atom stereocenters. The van der Waals surface area contributed by atoms with E-state index in [1.807, 2.05) is 30.3 Å². The van der Waals surface area contributed by atoms with Gasteiger partial charge in [-0.15, -0.1) is 11.8 Å². The van der Waals surface area contributed by atoms with Crippen LogP contribution in [-0.4, -0.2) is 22.6 Å². The maximum atomic E-state index is 13.8. The zero-order valence-corrected chi connectivity index (χ0v) is 12.3. The number of hydrogen-bond donors (Lipinski definition) is 1. The monoisotopic (exact) mass is 316 g/mol. The van der Waals surface area contributed by atoms with Crippen LogP contribution in [0, 0.1) is 5.82 Å². The summed E-state index contributed by atoms with van der Waals surface area (Å²) in [6.45, 7) is 0. The number of carbonyl (C=O) groups excluding carboxylic acids is 1. The molecule has 0 amide bonds. The highest BCUT2D eigenvalue weighted by molar-refractivity contribution is 8.00. The van der Waals surface area contributed by atoms with Crippen LogP contribution in [-0.2, 0) is 4.79 Å². The molecule has 0 aliphatic rings. The fraction of sp³-hybridized carbons (Fsp3) is 0.0588. The van der Waals surface area contributed by atoms with Crippen molar-refractivity contribution >= 4 is 29.6 Å². The molecule has 5 heteroatoms. The van der Waals surface area contributed by atoms with Crippen molar-refractivity contribution in [3.05, 3.63) is 71.6 Å². The van der Waals surface area contributed by atoms with Gasteiger partial charge >= 0.3 is 5.97 Å². The molecule has 2 aromatic carbocycles. The number of carbonyl (C=O) groups is 2. The van der Waals surface area contributed by atoms with E-state index in [0.717, 1.165) is 23.4 Å². The zero-order chi connectivity index (χ0) is 15.9. The van der Waals surface area contributed by atoms with Gasteiger partial charge in [-0.3, -0.25) is 9.59 Å². The number of carboxylic acids is 1. The van der Waals surface area contributed by atoms with Crippen LogP contribution in [0.4, 0.5) is 4.39 Å². The quantitative estimate of drug-likeness (QED) is 0.499. The molecule has 0 spiro atoms. The highest BCUT2D eigenvalue weighted by Gasteiger charge is 2.09. The Balaban J connectivity index is 2.09. The average molecular weight is 316 g/mol. The van der Waals surface area contributed by atoms with Crippen molar-refractivity contribution in [3.63, 3.8) is 0 Å². The van der Waals surface area contributed by atoms with Crippen LogP contribution >= 0.6 is 11.8 Å². The van der Waals surface area contributed by atoms with E-state index in [4.69, 9.17) is 5.11 Å². The second-order valence-electron chi connectivity index (χ2n) is 4.44. The van der Waals surface area contributed by atoms with Crippen LogP contribution in [0.25, 0.3) is 6.08 Å². The van der Waals surface area contributed by atoms with E-state index in [-0.39, 0.29) is 22.0 Å². The Hall–Kier alpha value is -2.40. The van der Waals surface area contributed by atoms with Gasteiger partial charge in [-0.1, -0.05) is 36.4 Å². The van der Waals surface area contributed by atoms with E-state index >= 15 is 0 Å². The molecular formula is C17H13FO3S. The topological polar surface area (TPSA) is 54.4 Å². The minimum Gasteiger partial charge on any atom is -0.481 e. The summed E-state index contributed by atoms with van der Waals surface area (Å²) in [6, 6.07) is 13.4. The number of aliphatic carboxylic acids is 1. The molecular weight excluding hydrogens is 303 g/mol. The van der Waals surface area contributed by atoms with Crippen LogP contribution in [0.1, 0.15) is 15.9 Å². The molecule has 0 aliphatic carbocycles. The lowest BCUT2D eigenvalue weighted by molar-refractivity contribution is -0.133. The third-order valence-corrected chi connectivity index (χ3v) is 3.83. The number of ketones is 1. The molecule has 0 fully saturated rings. The van der Waals surface area contributed by atoms with Gasteiger partial charge in [0.1, 0.15) is 5.82 Å². The summed E-state index contributed by atoms with van der Waals surface area (Å²) >= 11 is 0.882. The maximum Gasteiger partial charge on any atom is 0.313 e. The number of thioether (sulfide) groups is 1. The van der Waals surface area contributed by atoms with Gasteiger partial charge < -0.3 is 5.11 Å². The second-order valence-corrected chi connectivity index (χ2v) is 5.45. The van der Waals surface area contributed by atoms with Crippen LogP contribution in [0.3, 0.4) is 0 Å². The Morgan fingerprint density at radius 3 is 2.50 bits per heavy atom. The number of halogens is 1. The lowest BCUT2D eigenvalue weighted by Gasteiger charge is -2.03. The highest BCUT2D eigenvalue weighted by atomic mass is 32.2. The standard InChI is InChI=1S/C17H13FO3S/c18-14-10-13(7-9-16(14)22-11-17(20)21)15(19)8-6-12-4-2-1-3-5-12/h1-10H,11H2,(H,20,21)/b8-6+. The Morgan fingerprint density at radius 1 is 1.14 bits per heavy atom. The summed E-state index contributed by atoms with van der Waals surface area (Å²) in [5.74, 6) is -2.14. The predicted octanol–water partition coefficient (Wildman–Crippen LogP) is 3.90. The first-order chi connectivity index (χ1) is 10.6. The van der Waals surface area contributed by atoms with Crippen LogP contribution in [0.5, 0.6) is 0 Å². The molecule has 22 heavy (non-hydrogen) atoms. The molecule has 0 heterocycles. The first kappa shape index (κ1) is 16.0. The van der Waals surface area contributed by atoms with E-state index in [1.165, 1.54) is 18.2 Å². The third-order valence-electron chi connectivity index (χ3n) is 2.79. The number of benzene rings is 2. The molecule has 0 saturated carbocycles. The van der Waals surface area contributed by atoms with Gasteiger partial charge in [0, 0.05) is 10.5 Å². The first-order valence-corrected chi connectivity index (χ1v) is 7.46. The first-order valence-electron chi connectivity index (χ1n) is 6.48. The molecule has 2 rings (SSSR count). The molecule has 2 aromatic rings. The van der Waals surface area contributed by atoms with Crippen LogP contribution < -0.4 is 0 Å². The lowest BCUT2D eigenvalue weighted by Crippen LogP contribution is -2.00. The van der Waals surface area contributed by atoms with E-state index in [9.17, 15) is 14.0 Å². The fourth-order valence-electron chi connectivity index (χ4n) is 1.74. The largest absolute Gasteiger partial charge is 0.481 e. The molecule has 0 aliphatic heterocycles. The molecule has 3 nitrogen and oxygen atoms in total. The van der Waals surface area contributed by atoms with Crippen molar-refractivity contribution < 1.29 is 19.1 Å². The average Bonchev–Trinajstić information content (AvgIpc) is 2.52. The molecule has 0 radical (unpaired) electrons. The number of carboxylic acid groups (broad SMARTS) is 1. The molecule has 112 valence electrons. The molecule has 1 N–H and O–H groups in total. The summed E-state index contributed by atoms with van der Waals surface area (Å²) < 4.78 is 13.8. The van der Waals surface area contributed by atoms with Crippen LogP contribution in [0.15, 0.2) is 59.5 Å². The Bertz CT molecular complexity index is 711. The number of allylic oxidation sites excluding steroid dienone is 1. The summed E-state index contributed by atoms with van der Waals surface area (Å²) in [5.41, 5.74) is 1.11. The fourth-order valence-corrected chi connectivity index (χ4v) is 2.38. The van der Waals surface area contributed by atoms with Gasteiger partial charge in [-0.05, 0) is 29.8 Å². The van der Waals surface area contributed by atoms with Crippen molar-refractivity contribution in [3.8, 4) is 0 Å². The maximum absolute atomic E-state index is 13.8. The Kier molecular flexibility index (Phi) is 5.49. The minimum atomic E-state index is -1.02. The van der Waals surface area contributed by atoms with Crippen molar-refractivity contribution in [2.45, 2.75) is 4.90 Å². The lowest BCUT2D eigenvalue weighted by atomic mass is 10.1. The van der Waals surface area contributed by atoms with Crippen molar-refractivity contribution in [1.29, 1.82) is 0 Å². The highest BCUT2D eigenvalue weighted by Crippen LogP contribution is 2.23. The number of hydrogen-bond acceptors (Lipinski definition) is 3. The molecule has 0 saturated heterocycles. The van der Waals surface area contributed by atoms with Gasteiger partial charge in [-0.25, -0.2) is 4.39 Å². The van der Waals surface area contributed by atoms with Crippen molar-refractivity contribution in [1.82, 2.24) is 0 Å². The summed E-state index contributed by atoms with van der Waals surface area (Å²) in [6.07, 6.45) is 3.04. The number of rotatable bonds is 6. The Labute approximate surface area is 131 Å². The van der Waals surface area contributed by atoms with Gasteiger partial charge in [0.2, 0.25) is 0 Å². The molecule has 0 bridgehead atoms. The van der Waals surface area contributed by atoms with E-state index in [0.29, 0.717) is 0 Å². The zero-order valence-electron chi connectivity index (χ0n) is 11.5. The van der Waals surface area contributed by atoms with Gasteiger partial charge in [0.15, 0.2) is 5.78 Å². The summed E-state index contributed by atoms with van der Waals surface area (Å²) in [7, 11) is 0. The summed E-state index contributed by atoms with van der Waals surface area (Å²) in [4.78, 5) is 22.7. The van der Waals surface area contributed by atoms with E-state index in [2.05, 4.69) is 0 Å². The molecule has 0 unspecified atom stereocenters. The minimum absolute atomic E-state index is 0.214. The van der Waals surface area contributed by atoms with Gasteiger partial charge in [0.25, 0.3) is 0 Å². The van der Waals surface area contributed by atoms with E-state index in [1.54, 1.807) is 6.08 Å². The Morgan fingerprint density at radius 2 is 1.86 bits per heavy atom. The third kappa shape index (κ3) is 4.56. The van der Waals surface area contributed by atoms with Crippen molar-refractivity contribution in [2.75, 3.05) is 5.75 Å². The van der Waals surface area contributed by atoms with E-state index < -0.39 is 11.8 Å². The smallest absolute Gasteiger partial charge is 0.313 e. The second kappa shape index (κ2) is 7.56. The normalized spacial score (nSPS) is 10.8. The van der Waals surface area contributed by atoms with Crippen LogP contribution in [0.2, 0.25) is 0 Å². The van der Waals surface area contributed by atoms with Gasteiger partial charge in [-0.2, -0.15) is 0 Å².